The van der Waals surface area contributed by atoms with E-state index in [0.29, 0.717) is 28.1 Å². The Kier molecular flexibility index (Phi) is 5.62. The lowest BCUT2D eigenvalue weighted by Crippen LogP contribution is -2.24. The Hall–Kier alpha value is -1.07. The van der Waals surface area contributed by atoms with Crippen LogP contribution in [0.4, 0.5) is 0 Å². The van der Waals surface area contributed by atoms with Crippen molar-refractivity contribution in [3.63, 3.8) is 0 Å². The van der Waals surface area contributed by atoms with Crippen LogP contribution in [0.1, 0.15) is 17.3 Å². The summed E-state index contributed by atoms with van der Waals surface area (Å²) in [4.78, 5) is 12.3. The van der Waals surface area contributed by atoms with Gasteiger partial charge in [0.25, 0.3) is 0 Å². The first-order valence-electron chi connectivity index (χ1n) is 5.66. The van der Waals surface area contributed by atoms with Crippen molar-refractivity contribution in [1.82, 2.24) is 5.32 Å². The molecular weight excluding hydrogens is 298 g/mol. The molecule has 1 aromatic rings. The first kappa shape index (κ1) is 15.0. The van der Waals surface area contributed by atoms with Gasteiger partial charge < -0.3 is 14.8 Å². The van der Waals surface area contributed by atoms with E-state index in [1.54, 1.807) is 26.4 Å². The summed E-state index contributed by atoms with van der Waals surface area (Å²) in [7, 11) is 4.94. The quantitative estimate of drug-likeness (QED) is 0.819. The molecule has 0 heterocycles. The molecule has 0 aliphatic carbocycles. The largest absolute Gasteiger partial charge is 0.495 e. The van der Waals surface area contributed by atoms with Crippen LogP contribution in [0.25, 0.3) is 0 Å². The van der Waals surface area contributed by atoms with Crippen molar-refractivity contribution < 1.29 is 14.3 Å². The van der Waals surface area contributed by atoms with Gasteiger partial charge in [-0.25, -0.2) is 0 Å². The Morgan fingerprint density at radius 1 is 1.39 bits per heavy atom. The topological polar surface area (TPSA) is 47.6 Å². The van der Waals surface area contributed by atoms with Crippen molar-refractivity contribution in [2.24, 2.45) is 5.92 Å². The van der Waals surface area contributed by atoms with Crippen molar-refractivity contribution in [3.8, 4) is 11.5 Å². The van der Waals surface area contributed by atoms with Gasteiger partial charge in [-0.15, -0.1) is 0 Å². The molecule has 0 spiro atoms. The minimum atomic E-state index is -0.107. The number of benzene rings is 1. The Balaban J connectivity index is 3.17. The monoisotopic (exact) mass is 315 g/mol. The maximum atomic E-state index is 12.3. The van der Waals surface area contributed by atoms with Crippen LogP contribution >= 0.6 is 15.9 Å². The summed E-state index contributed by atoms with van der Waals surface area (Å²) >= 11 is 3.39. The van der Waals surface area contributed by atoms with Crippen molar-refractivity contribution in [2.75, 3.05) is 27.8 Å². The first-order valence-corrected chi connectivity index (χ1v) is 6.45. The summed E-state index contributed by atoms with van der Waals surface area (Å²) in [5.74, 6) is 1.10. The number of carbonyl (C=O) groups excluding carboxylic acids is 1. The van der Waals surface area contributed by atoms with E-state index in [9.17, 15) is 4.79 Å². The molecule has 18 heavy (non-hydrogen) atoms. The predicted molar refractivity (Wildman–Crippen MR) is 74.7 cm³/mol. The van der Waals surface area contributed by atoms with Gasteiger partial charge in [0.1, 0.15) is 16.0 Å². The number of carbonyl (C=O) groups is 1. The molecule has 1 unspecified atom stereocenters. The third-order valence-corrected chi connectivity index (χ3v) is 3.46. The van der Waals surface area contributed by atoms with E-state index < -0.39 is 0 Å². The highest BCUT2D eigenvalue weighted by Crippen LogP contribution is 2.37. The zero-order valence-corrected chi connectivity index (χ0v) is 12.6. The maximum Gasteiger partial charge on any atom is 0.170 e. The van der Waals surface area contributed by atoms with Gasteiger partial charge in [-0.05, 0) is 35.1 Å². The minimum absolute atomic E-state index is 0.0459. The summed E-state index contributed by atoms with van der Waals surface area (Å²) in [5, 5.41) is 2.99. The zero-order chi connectivity index (χ0) is 13.7. The summed E-state index contributed by atoms with van der Waals surface area (Å²) in [6.45, 7) is 2.52. The summed E-state index contributed by atoms with van der Waals surface area (Å²) in [5.41, 5.74) is 0.563. The van der Waals surface area contributed by atoms with Crippen molar-refractivity contribution in [3.05, 3.63) is 22.2 Å². The van der Waals surface area contributed by atoms with Gasteiger partial charge in [-0.1, -0.05) is 6.92 Å². The number of hydrogen-bond acceptors (Lipinski definition) is 4. The molecule has 0 aliphatic rings. The van der Waals surface area contributed by atoms with Crippen molar-refractivity contribution >= 4 is 21.7 Å². The molecule has 0 saturated heterocycles. The molecule has 1 N–H and O–H groups in total. The fourth-order valence-corrected chi connectivity index (χ4v) is 2.42. The number of methoxy groups -OCH3 is 2. The number of rotatable bonds is 6. The fraction of sp³-hybridized carbons (Fsp3) is 0.462. The number of ether oxygens (including phenoxy) is 2. The van der Waals surface area contributed by atoms with Crippen LogP contribution in [0.5, 0.6) is 11.5 Å². The number of ketones is 1. The second-order valence-corrected chi connectivity index (χ2v) is 4.78. The van der Waals surface area contributed by atoms with Crippen LogP contribution in [-0.2, 0) is 0 Å². The average molecular weight is 316 g/mol. The lowest BCUT2D eigenvalue weighted by Gasteiger charge is -2.15. The average Bonchev–Trinajstić information content (AvgIpc) is 2.37. The smallest absolute Gasteiger partial charge is 0.170 e. The van der Waals surface area contributed by atoms with E-state index in [0.717, 1.165) is 0 Å². The standard InChI is InChI=1S/C13H18BrNO3/c1-8(7-15-2)12(16)9-5-6-10(17-3)11(14)13(9)18-4/h5-6,8,15H,7H2,1-4H3. The van der Waals surface area contributed by atoms with Gasteiger partial charge in [-0.3, -0.25) is 4.79 Å². The van der Waals surface area contributed by atoms with Crippen LogP contribution in [0.3, 0.4) is 0 Å². The first-order chi connectivity index (χ1) is 8.56. The molecule has 0 saturated carbocycles. The lowest BCUT2D eigenvalue weighted by molar-refractivity contribution is 0.0927. The summed E-state index contributed by atoms with van der Waals surface area (Å²) < 4.78 is 11.1. The normalized spacial score (nSPS) is 12.1. The third-order valence-electron chi connectivity index (χ3n) is 2.71. The SMILES string of the molecule is CNCC(C)C(=O)c1ccc(OC)c(Br)c1OC. The molecule has 0 aliphatic heterocycles. The van der Waals surface area contributed by atoms with E-state index in [-0.39, 0.29) is 11.7 Å². The second kappa shape index (κ2) is 6.75. The van der Waals surface area contributed by atoms with E-state index in [2.05, 4.69) is 21.2 Å². The fourth-order valence-electron chi connectivity index (χ4n) is 1.75. The molecule has 1 aromatic carbocycles. The minimum Gasteiger partial charge on any atom is -0.495 e. The Morgan fingerprint density at radius 3 is 2.56 bits per heavy atom. The highest BCUT2D eigenvalue weighted by atomic mass is 79.9. The Bertz CT molecular complexity index is 434. The molecule has 0 aromatic heterocycles. The number of halogens is 1. The van der Waals surface area contributed by atoms with Gasteiger partial charge in [0.2, 0.25) is 0 Å². The van der Waals surface area contributed by atoms with E-state index in [4.69, 9.17) is 9.47 Å². The van der Waals surface area contributed by atoms with Gasteiger partial charge in [0.05, 0.1) is 19.8 Å². The molecule has 0 radical (unpaired) electrons. The second-order valence-electron chi connectivity index (χ2n) is 3.99. The number of Topliss-reactive ketones (excluding diaryl/α,β-unsaturated/α-hetero) is 1. The summed E-state index contributed by atoms with van der Waals surface area (Å²) in [6, 6.07) is 3.49. The predicted octanol–water partition coefficient (Wildman–Crippen LogP) is 2.50. The molecule has 4 nitrogen and oxygen atoms in total. The summed E-state index contributed by atoms with van der Waals surface area (Å²) in [6.07, 6.45) is 0. The van der Waals surface area contributed by atoms with Gasteiger partial charge in [0, 0.05) is 12.5 Å². The number of nitrogens with one attached hydrogen (secondary N) is 1. The molecule has 5 heteroatoms. The van der Waals surface area contributed by atoms with Gasteiger partial charge in [0.15, 0.2) is 5.78 Å². The van der Waals surface area contributed by atoms with Crippen LogP contribution in [0, 0.1) is 5.92 Å². The van der Waals surface area contributed by atoms with E-state index in [1.165, 1.54) is 0 Å². The molecule has 0 amide bonds. The zero-order valence-electron chi connectivity index (χ0n) is 11.0. The van der Waals surface area contributed by atoms with Crippen LogP contribution in [-0.4, -0.2) is 33.6 Å². The van der Waals surface area contributed by atoms with Gasteiger partial charge in [-0.2, -0.15) is 0 Å². The molecule has 0 bridgehead atoms. The van der Waals surface area contributed by atoms with Gasteiger partial charge >= 0.3 is 0 Å². The Morgan fingerprint density at radius 2 is 2.06 bits per heavy atom. The van der Waals surface area contributed by atoms with Crippen molar-refractivity contribution in [1.29, 1.82) is 0 Å². The van der Waals surface area contributed by atoms with Crippen molar-refractivity contribution in [2.45, 2.75) is 6.92 Å². The van der Waals surface area contributed by atoms with E-state index in [1.807, 2.05) is 14.0 Å². The maximum absolute atomic E-state index is 12.3. The Labute approximate surface area is 116 Å². The van der Waals surface area contributed by atoms with E-state index >= 15 is 0 Å². The molecule has 1 rings (SSSR count). The molecule has 1 atom stereocenters. The molecule has 0 fully saturated rings. The highest BCUT2D eigenvalue weighted by Gasteiger charge is 2.22. The molecular formula is C13H18BrNO3. The molecule has 100 valence electrons. The lowest BCUT2D eigenvalue weighted by atomic mass is 9.98. The number of hydrogen-bond donors (Lipinski definition) is 1. The van der Waals surface area contributed by atoms with Crippen LogP contribution < -0.4 is 14.8 Å². The van der Waals surface area contributed by atoms with Crippen LogP contribution in [0.2, 0.25) is 0 Å². The highest BCUT2D eigenvalue weighted by molar-refractivity contribution is 9.10. The third kappa shape index (κ3) is 3.03. The van der Waals surface area contributed by atoms with Crippen LogP contribution in [0.15, 0.2) is 16.6 Å².